The van der Waals surface area contributed by atoms with Crippen LogP contribution in [-0.2, 0) is 13.0 Å². The van der Waals surface area contributed by atoms with Crippen LogP contribution in [0.3, 0.4) is 0 Å². The lowest BCUT2D eigenvalue weighted by molar-refractivity contribution is 0.0949. The maximum absolute atomic E-state index is 13.2. The van der Waals surface area contributed by atoms with Gasteiger partial charge < -0.3 is 14.2 Å². The Kier molecular flexibility index (Phi) is 5.96. The first kappa shape index (κ1) is 21.7. The van der Waals surface area contributed by atoms with Crippen molar-refractivity contribution in [2.24, 2.45) is 0 Å². The number of Topliss-reactive ketones (excluding diaryl/α,β-unsaturated/α-hetero) is 1. The molecule has 2 aliphatic heterocycles. The second-order valence-corrected chi connectivity index (χ2v) is 9.11. The Morgan fingerprint density at radius 1 is 1.15 bits per heavy atom. The Bertz CT molecular complexity index is 1250. The molecule has 2 aliphatic rings. The highest BCUT2D eigenvalue weighted by Gasteiger charge is 2.35. The maximum Gasteiger partial charge on any atom is 0.232 e. The summed E-state index contributed by atoms with van der Waals surface area (Å²) in [6, 6.07) is 17.8. The van der Waals surface area contributed by atoms with E-state index in [0.29, 0.717) is 30.3 Å². The molecule has 0 amide bonds. The summed E-state index contributed by atoms with van der Waals surface area (Å²) in [5.41, 5.74) is 4.57. The monoisotopic (exact) mass is 505 g/mol. The molecule has 0 saturated carbocycles. The van der Waals surface area contributed by atoms with Crippen molar-refractivity contribution in [1.29, 1.82) is 0 Å². The number of fused-ring (bicyclic) bond motifs is 3. The van der Waals surface area contributed by atoms with E-state index >= 15 is 0 Å². The summed E-state index contributed by atoms with van der Waals surface area (Å²) in [5, 5.41) is 0. The van der Waals surface area contributed by atoms with Crippen molar-refractivity contribution in [2.45, 2.75) is 19.9 Å². The standard InChI is InChI=1S/C27H24BrNO4/c1-17-13-23-21(15-29(16-32-23)12-11-18-7-9-20(31-2)10-8-18)27-25(17)26(30)24(33-27)14-19-5-3-4-6-22(19)28/h3-10,13-14H,11-12,15-16H2,1-2H3/b24-14+. The fraction of sp³-hybridized carbons (Fsp3) is 0.222. The topological polar surface area (TPSA) is 48.0 Å². The predicted octanol–water partition coefficient (Wildman–Crippen LogP) is 5.78. The SMILES string of the molecule is COc1ccc(CCN2COc3cc(C)c4c(c3C2)O/C(=C/c2ccccc2Br)C4=O)cc1. The first-order chi connectivity index (χ1) is 16.0. The molecule has 3 aromatic carbocycles. The van der Waals surface area contributed by atoms with Crippen LogP contribution in [-0.4, -0.2) is 31.1 Å². The Hall–Kier alpha value is -3.09. The number of carbonyl (C=O) groups excluding carboxylic acids is 1. The zero-order chi connectivity index (χ0) is 22.9. The van der Waals surface area contributed by atoms with Gasteiger partial charge in [0.15, 0.2) is 5.76 Å². The van der Waals surface area contributed by atoms with Crippen molar-refractivity contribution in [3.63, 3.8) is 0 Å². The van der Waals surface area contributed by atoms with E-state index in [1.54, 1.807) is 13.2 Å². The predicted molar refractivity (Wildman–Crippen MR) is 131 cm³/mol. The third-order valence-electron chi connectivity index (χ3n) is 6.06. The molecule has 33 heavy (non-hydrogen) atoms. The second-order valence-electron chi connectivity index (χ2n) is 8.26. The molecule has 0 atom stereocenters. The molecule has 0 aliphatic carbocycles. The molecule has 0 aromatic heterocycles. The van der Waals surface area contributed by atoms with Crippen molar-refractivity contribution >= 4 is 27.8 Å². The lowest BCUT2D eigenvalue weighted by atomic mass is 9.98. The largest absolute Gasteiger partial charge is 0.497 e. The molecule has 0 unspecified atom stereocenters. The van der Waals surface area contributed by atoms with Crippen LogP contribution in [0.2, 0.25) is 0 Å². The summed E-state index contributed by atoms with van der Waals surface area (Å²) >= 11 is 3.54. The van der Waals surface area contributed by atoms with Crippen LogP contribution in [0.4, 0.5) is 0 Å². The molecule has 0 spiro atoms. The number of carbonyl (C=O) groups is 1. The Balaban J connectivity index is 1.38. The van der Waals surface area contributed by atoms with Crippen LogP contribution >= 0.6 is 15.9 Å². The van der Waals surface area contributed by atoms with E-state index in [1.165, 1.54) is 5.56 Å². The molecule has 0 N–H and O–H groups in total. The van der Waals surface area contributed by atoms with Crippen molar-refractivity contribution < 1.29 is 19.0 Å². The van der Waals surface area contributed by atoms with Gasteiger partial charge in [0.05, 0.1) is 18.2 Å². The third-order valence-corrected chi connectivity index (χ3v) is 6.78. The molecular formula is C27H24BrNO4. The minimum absolute atomic E-state index is 0.0867. The summed E-state index contributed by atoms with van der Waals surface area (Å²) in [6.45, 7) is 3.95. The van der Waals surface area contributed by atoms with Gasteiger partial charge in [-0.25, -0.2) is 0 Å². The number of methoxy groups -OCH3 is 1. The van der Waals surface area contributed by atoms with Gasteiger partial charge in [-0.15, -0.1) is 0 Å². The van der Waals surface area contributed by atoms with Gasteiger partial charge in [-0.3, -0.25) is 9.69 Å². The first-order valence-electron chi connectivity index (χ1n) is 10.9. The smallest absolute Gasteiger partial charge is 0.232 e. The highest BCUT2D eigenvalue weighted by atomic mass is 79.9. The summed E-state index contributed by atoms with van der Waals surface area (Å²) in [4.78, 5) is 15.4. The van der Waals surface area contributed by atoms with Crippen LogP contribution in [0.25, 0.3) is 6.08 Å². The van der Waals surface area contributed by atoms with Crippen molar-refractivity contribution in [3.05, 3.63) is 92.6 Å². The van der Waals surface area contributed by atoms with Gasteiger partial charge in [0.1, 0.15) is 24.0 Å². The number of benzene rings is 3. The molecule has 2 heterocycles. The summed E-state index contributed by atoms with van der Waals surface area (Å²) in [5.74, 6) is 2.53. The molecule has 0 radical (unpaired) electrons. The Morgan fingerprint density at radius 2 is 1.94 bits per heavy atom. The Labute approximate surface area is 201 Å². The van der Waals surface area contributed by atoms with Crippen molar-refractivity contribution in [3.8, 4) is 17.2 Å². The summed E-state index contributed by atoms with van der Waals surface area (Å²) < 4.78 is 18.4. The van der Waals surface area contributed by atoms with E-state index in [0.717, 1.165) is 45.6 Å². The fourth-order valence-corrected chi connectivity index (χ4v) is 4.63. The number of ether oxygens (including phenoxy) is 3. The number of aryl methyl sites for hydroxylation is 1. The molecule has 5 rings (SSSR count). The number of nitrogens with zero attached hydrogens (tertiary/aromatic N) is 1. The molecule has 5 nitrogen and oxygen atoms in total. The molecule has 0 saturated heterocycles. The first-order valence-corrected chi connectivity index (χ1v) is 11.7. The highest BCUT2D eigenvalue weighted by molar-refractivity contribution is 9.10. The lowest BCUT2D eigenvalue weighted by Gasteiger charge is -2.30. The van der Waals surface area contributed by atoms with Gasteiger partial charge in [-0.2, -0.15) is 0 Å². The van der Waals surface area contributed by atoms with Gasteiger partial charge in [0.25, 0.3) is 0 Å². The van der Waals surface area contributed by atoms with Crippen LogP contribution in [0, 0.1) is 6.92 Å². The molecule has 6 heteroatoms. The van der Waals surface area contributed by atoms with E-state index < -0.39 is 0 Å². The lowest BCUT2D eigenvalue weighted by Crippen LogP contribution is -2.33. The van der Waals surface area contributed by atoms with E-state index in [9.17, 15) is 4.79 Å². The van der Waals surface area contributed by atoms with Gasteiger partial charge in [-0.1, -0.05) is 46.3 Å². The maximum atomic E-state index is 13.2. The van der Waals surface area contributed by atoms with Gasteiger partial charge in [0, 0.05) is 17.6 Å². The number of halogens is 1. The number of hydrogen-bond donors (Lipinski definition) is 0. The highest BCUT2D eigenvalue weighted by Crippen LogP contribution is 2.44. The van der Waals surface area contributed by atoms with Crippen molar-refractivity contribution in [1.82, 2.24) is 4.90 Å². The number of rotatable bonds is 5. The normalized spacial score (nSPS) is 16.2. The van der Waals surface area contributed by atoms with Gasteiger partial charge in [-0.05, 0) is 60.4 Å². The zero-order valence-corrected chi connectivity index (χ0v) is 20.1. The quantitative estimate of drug-likeness (QED) is 0.411. The van der Waals surface area contributed by atoms with Gasteiger partial charge >= 0.3 is 0 Å². The average Bonchev–Trinajstić information content (AvgIpc) is 3.16. The average molecular weight is 506 g/mol. The third kappa shape index (κ3) is 4.28. The summed E-state index contributed by atoms with van der Waals surface area (Å²) in [6.07, 6.45) is 2.69. The summed E-state index contributed by atoms with van der Waals surface area (Å²) in [7, 11) is 1.67. The minimum atomic E-state index is -0.0867. The Morgan fingerprint density at radius 3 is 2.70 bits per heavy atom. The van der Waals surface area contributed by atoms with Crippen LogP contribution in [0.15, 0.2) is 64.8 Å². The van der Waals surface area contributed by atoms with E-state index in [2.05, 4.69) is 33.0 Å². The van der Waals surface area contributed by atoms with Crippen LogP contribution in [0.1, 0.15) is 32.6 Å². The molecule has 3 aromatic rings. The van der Waals surface area contributed by atoms with E-state index in [4.69, 9.17) is 14.2 Å². The van der Waals surface area contributed by atoms with Crippen molar-refractivity contribution in [2.75, 3.05) is 20.4 Å². The van der Waals surface area contributed by atoms with Crippen LogP contribution < -0.4 is 14.2 Å². The molecule has 168 valence electrons. The molecule has 0 bridgehead atoms. The number of allylic oxidation sites excluding steroid dienone is 1. The van der Waals surface area contributed by atoms with E-state index in [-0.39, 0.29) is 5.78 Å². The number of ketones is 1. The fourth-order valence-electron chi connectivity index (χ4n) is 4.23. The number of hydrogen-bond acceptors (Lipinski definition) is 5. The zero-order valence-electron chi connectivity index (χ0n) is 18.6. The van der Waals surface area contributed by atoms with Gasteiger partial charge in [0.2, 0.25) is 5.78 Å². The second kappa shape index (κ2) is 9.04. The van der Waals surface area contributed by atoms with E-state index in [1.807, 2.05) is 49.4 Å². The van der Waals surface area contributed by atoms with Crippen LogP contribution in [0.5, 0.6) is 17.2 Å². The minimum Gasteiger partial charge on any atom is -0.497 e. The molecule has 0 fully saturated rings. The molecular weight excluding hydrogens is 482 g/mol.